The van der Waals surface area contributed by atoms with Gasteiger partial charge in [0.15, 0.2) is 0 Å². The maximum atomic E-state index is 12.6. The summed E-state index contributed by atoms with van der Waals surface area (Å²) >= 11 is 1.57. The number of anilines is 1. The van der Waals surface area contributed by atoms with Crippen LogP contribution in [-0.4, -0.2) is 64.2 Å². The molecule has 1 saturated heterocycles. The summed E-state index contributed by atoms with van der Waals surface area (Å²) in [6.07, 6.45) is 0.735. The van der Waals surface area contributed by atoms with E-state index in [0.717, 1.165) is 56.1 Å². The third-order valence-electron chi connectivity index (χ3n) is 4.97. The van der Waals surface area contributed by atoms with Crippen LogP contribution in [0.2, 0.25) is 0 Å². The highest BCUT2D eigenvalue weighted by Crippen LogP contribution is 2.27. The Hall–Kier alpha value is -2.69. The van der Waals surface area contributed by atoms with Crippen molar-refractivity contribution in [2.45, 2.75) is 31.9 Å². The second-order valence-electron chi connectivity index (χ2n) is 6.92. The van der Waals surface area contributed by atoms with E-state index in [0.29, 0.717) is 0 Å². The first kappa shape index (κ1) is 22.0. The summed E-state index contributed by atoms with van der Waals surface area (Å²) in [5, 5.41) is 11.0. The van der Waals surface area contributed by atoms with E-state index >= 15 is 0 Å². The van der Waals surface area contributed by atoms with E-state index in [4.69, 9.17) is 9.90 Å². The molecule has 7 nitrogen and oxygen atoms in total. The lowest BCUT2D eigenvalue weighted by molar-refractivity contribution is -0.192. The third-order valence-corrected chi connectivity index (χ3v) is 5.65. The van der Waals surface area contributed by atoms with Gasteiger partial charge in [0.1, 0.15) is 12.1 Å². The predicted molar refractivity (Wildman–Crippen MR) is 105 cm³/mol. The summed E-state index contributed by atoms with van der Waals surface area (Å²) in [6, 6.07) is 1.90. The summed E-state index contributed by atoms with van der Waals surface area (Å²) in [4.78, 5) is 34.9. The highest BCUT2D eigenvalue weighted by molar-refractivity contribution is 7.08. The molecule has 2 aromatic heterocycles. The molecule has 0 aromatic carbocycles. The Morgan fingerprint density at radius 3 is 2.33 bits per heavy atom. The number of amides is 1. The average Bonchev–Trinajstić information content (AvgIpc) is 3.38. The van der Waals surface area contributed by atoms with Crippen molar-refractivity contribution in [3.05, 3.63) is 40.0 Å². The number of carbonyl (C=O) groups is 2. The number of aliphatic carboxylic acids is 1. The van der Waals surface area contributed by atoms with Crippen molar-refractivity contribution in [1.82, 2.24) is 14.9 Å². The minimum Gasteiger partial charge on any atom is -0.475 e. The monoisotopic (exact) mass is 442 g/mol. The molecule has 162 valence electrons. The minimum atomic E-state index is -5.08. The van der Waals surface area contributed by atoms with Gasteiger partial charge in [-0.1, -0.05) is 0 Å². The molecule has 0 radical (unpaired) electrons. The number of rotatable bonds is 2. The van der Waals surface area contributed by atoms with Crippen molar-refractivity contribution < 1.29 is 27.9 Å². The van der Waals surface area contributed by atoms with Gasteiger partial charge in [0.2, 0.25) is 0 Å². The zero-order valence-electron chi connectivity index (χ0n) is 16.1. The standard InChI is InChI=1S/C17H20N4OS.C2HF3O2/c22-17(13-5-10-23-11-13)21-8-3-14-15(4-9-21)18-12-19-16(14)20-6-1-2-7-20;3-2(4,5)1(6)7/h5,10-12H,1-4,6-9H2;(H,6,7). The van der Waals surface area contributed by atoms with Crippen LogP contribution in [0.1, 0.15) is 34.5 Å². The van der Waals surface area contributed by atoms with Crippen LogP contribution in [0.3, 0.4) is 0 Å². The number of thiophene rings is 1. The largest absolute Gasteiger partial charge is 0.490 e. The Balaban J connectivity index is 0.000000318. The molecule has 2 aromatic rings. The lowest BCUT2D eigenvalue weighted by Crippen LogP contribution is -2.33. The van der Waals surface area contributed by atoms with Gasteiger partial charge in [0, 0.05) is 43.5 Å². The number of carboxylic acids is 1. The fourth-order valence-corrected chi connectivity index (χ4v) is 4.11. The highest BCUT2D eigenvalue weighted by Gasteiger charge is 2.38. The van der Waals surface area contributed by atoms with Crippen molar-refractivity contribution in [1.29, 1.82) is 0 Å². The number of alkyl halides is 3. The molecule has 0 saturated carbocycles. The number of halogens is 3. The van der Waals surface area contributed by atoms with Crippen molar-refractivity contribution in [2.75, 3.05) is 31.1 Å². The summed E-state index contributed by atoms with van der Waals surface area (Å²) in [6.45, 7) is 3.65. The molecular formula is C19H21F3N4O3S. The Labute approximate surface area is 175 Å². The summed E-state index contributed by atoms with van der Waals surface area (Å²) in [7, 11) is 0. The topological polar surface area (TPSA) is 86.6 Å². The van der Waals surface area contributed by atoms with Gasteiger partial charge in [-0.2, -0.15) is 24.5 Å². The molecule has 0 bridgehead atoms. The van der Waals surface area contributed by atoms with E-state index in [2.05, 4.69) is 14.9 Å². The smallest absolute Gasteiger partial charge is 0.475 e. The first-order valence-electron chi connectivity index (χ1n) is 9.46. The quantitative estimate of drug-likeness (QED) is 0.770. The van der Waals surface area contributed by atoms with Crippen LogP contribution in [0.5, 0.6) is 0 Å². The van der Waals surface area contributed by atoms with Crippen molar-refractivity contribution in [2.24, 2.45) is 0 Å². The van der Waals surface area contributed by atoms with Gasteiger partial charge < -0.3 is 14.9 Å². The van der Waals surface area contributed by atoms with E-state index in [1.54, 1.807) is 17.7 Å². The molecule has 1 N–H and O–H groups in total. The zero-order chi connectivity index (χ0) is 21.7. The van der Waals surface area contributed by atoms with E-state index < -0.39 is 12.1 Å². The fourth-order valence-electron chi connectivity index (χ4n) is 3.48. The molecule has 1 amide bonds. The molecule has 0 aliphatic carbocycles. The number of carboxylic acid groups (broad SMARTS) is 1. The van der Waals surface area contributed by atoms with E-state index in [9.17, 15) is 18.0 Å². The Morgan fingerprint density at radius 2 is 1.73 bits per heavy atom. The second-order valence-corrected chi connectivity index (χ2v) is 7.70. The van der Waals surface area contributed by atoms with Gasteiger partial charge in [-0.3, -0.25) is 4.79 Å². The predicted octanol–water partition coefficient (Wildman–Crippen LogP) is 3.01. The van der Waals surface area contributed by atoms with Gasteiger partial charge in [-0.15, -0.1) is 0 Å². The average molecular weight is 442 g/mol. The molecule has 0 spiro atoms. The van der Waals surface area contributed by atoms with Crippen LogP contribution < -0.4 is 4.90 Å². The number of hydrogen-bond donors (Lipinski definition) is 1. The zero-order valence-corrected chi connectivity index (χ0v) is 16.9. The van der Waals surface area contributed by atoms with Crippen LogP contribution >= 0.6 is 11.3 Å². The Morgan fingerprint density at radius 1 is 1.07 bits per heavy atom. The maximum absolute atomic E-state index is 12.6. The van der Waals surface area contributed by atoms with E-state index in [-0.39, 0.29) is 5.91 Å². The number of nitrogens with zero attached hydrogens (tertiary/aromatic N) is 4. The second kappa shape index (κ2) is 9.41. The van der Waals surface area contributed by atoms with E-state index in [1.807, 2.05) is 21.7 Å². The molecule has 0 unspecified atom stereocenters. The molecule has 2 aliphatic heterocycles. The van der Waals surface area contributed by atoms with Crippen LogP contribution in [0.15, 0.2) is 23.2 Å². The number of hydrogen-bond acceptors (Lipinski definition) is 6. The van der Waals surface area contributed by atoms with E-state index in [1.165, 1.54) is 18.4 Å². The van der Waals surface area contributed by atoms with Crippen molar-refractivity contribution in [3.8, 4) is 0 Å². The molecule has 11 heteroatoms. The SMILES string of the molecule is O=C(O)C(F)(F)F.O=C(c1ccsc1)N1CCc2ncnc(N3CCCC3)c2CC1. The number of aromatic nitrogens is 2. The summed E-state index contributed by atoms with van der Waals surface area (Å²) in [5.74, 6) is -1.53. The van der Waals surface area contributed by atoms with Gasteiger partial charge in [0.05, 0.1) is 11.3 Å². The van der Waals surface area contributed by atoms with Crippen LogP contribution in [0, 0.1) is 0 Å². The van der Waals surface area contributed by atoms with Gasteiger partial charge >= 0.3 is 12.1 Å². The first-order chi connectivity index (χ1) is 14.3. The first-order valence-corrected chi connectivity index (χ1v) is 10.4. The number of fused-ring (bicyclic) bond motifs is 1. The lowest BCUT2D eigenvalue weighted by Gasteiger charge is -2.21. The third kappa shape index (κ3) is 5.26. The molecule has 4 heterocycles. The molecule has 30 heavy (non-hydrogen) atoms. The molecule has 0 atom stereocenters. The molecule has 4 rings (SSSR count). The molecular weight excluding hydrogens is 421 g/mol. The van der Waals surface area contributed by atoms with Crippen molar-refractivity contribution >= 4 is 29.0 Å². The fraction of sp³-hybridized carbons (Fsp3) is 0.474. The normalized spacial score (nSPS) is 16.4. The van der Waals surface area contributed by atoms with Crippen LogP contribution in [-0.2, 0) is 17.6 Å². The number of carbonyl (C=O) groups excluding carboxylic acids is 1. The van der Waals surface area contributed by atoms with Crippen LogP contribution in [0.25, 0.3) is 0 Å². The molecule has 1 fully saturated rings. The van der Waals surface area contributed by atoms with Gasteiger partial charge in [0.25, 0.3) is 5.91 Å². The Bertz CT molecular complexity index is 884. The summed E-state index contributed by atoms with van der Waals surface area (Å²) in [5.41, 5.74) is 3.16. The van der Waals surface area contributed by atoms with Crippen LogP contribution in [0.4, 0.5) is 19.0 Å². The summed E-state index contributed by atoms with van der Waals surface area (Å²) < 4.78 is 31.7. The van der Waals surface area contributed by atoms with Gasteiger partial charge in [-0.25, -0.2) is 14.8 Å². The maximum Gasteiger partial charge on any atom is 0.490 e. The van der Waals surface area contributed by atoms with Gasteiger partial charge in [-0.05, 0) is 30.7 Å². The minimum absolute atomic E-state index is 0.134. The highest BCUT2D eigenvalue weighted by atomic mass is 32.1. The lowest BCUT2D eigenvalue weighted by atomic mass is 10.1. The van der Waals surface area contributed by atoms with Crippen molar-refractivity contribution in [3.63, 3.8) is 0 Å². The Kier molecular flexibility index (Phi) is 6.91. The molecule has 2 aliphatic rings.